The van der Waals surface area contributed by atoms with Crippen molar-refractivity contribution in [2.45, 2.75) is 25.5 Å². The molecule has 3 nitrogen and oxygen atoms in total. The fourth-order valence-electron chi connectivity index (χ4n) is 2.59. The van der Waals surface area contributed by atoms with Crippen LogP contribution in [0.4, 0.5) is 0 Å². The maximum atomic E-state index is 5.91. The average Bonchev–Trinajstić information content (AvgIpc) is 2.54. The minimum Gasteiger partial charge on any atom is -0.489 e. The summed E-state index contributed by atoms with van der Waals surface area (Å²) in [6, 6.07) is 15.8. The van der Waals surface area contributed by atoms with Crippen molar-refractivity contribution in [2.75, 3.05) is 5.75 Å². The van der Waals surface area contributed by atoms with Gasteiger partial charge in [0.15, 0.2) is 5.17 Å². The van der Waals surface area contributed by atoms with Gasteiger partial charge in [0.1, 0.15) is 12.4 Å². The number of hydrogen-bond donors (Lipinski definition) is 1. The third-order valence-corrected chi connectivity index (χ3v) is 5.01. The van der Waals surface area contributed by atoms with E-state index in [1.54, 1.807) is 11.8 Å². The predicted octanol–water partition coefficient (Wildman–Crippen LogP) is 4.59. The van der Waals surface area contributed by atoms with Crippen molar-refractivity contribution >= 4 is 28.5 Å². The van der Waals surface area contributed by atoms with E-state index in [0.29, 0.717) is 16.8 Å². The zero-order chi connectivity index (χ0) is 16.3. The highest BCUT2D eigenvalue weighted by molar-refractivity contribution is 8.13. The molecule has 0 spiro atoms. The molecule has 0 aromatic heterocycles. The van der Waals surface area contributed by atoms with Crippen LogP contribution in [0, 0.1) is 0 Å². The van der Waals surface area contributed by atoms with E-state index >= 15 is 0 Å². The standard InChI is InChI=1S/C18H19ClN2OS/c1-18(9-10-23-17(20)21-18)14-4-2-3-13(11-14)12-22-16-7-5-15(19)6-8-16/h2-8,11H,9-10,12H2,1H3,(H2,20,21). The molecule has 0 amide bonds. The Morgan fingerprint density at radius 1 is 1.26 bits per heavy atom. The van der Waals surface area contributed by atoms with Crippen LogP contribution in [0.3, 0.4) is 0 Å². The van der Waals surface area contributed by atoms with E-state index in [4.69, 9.17) is 22.1 Å². The number of aliphatic imine (C=N–C) groups is 1. The Bertz CT molecular complexity index is 717. The minimum atomic E-state index is -0.244. The van der Waals surface area contributed by atoms with Gasteiger partial charge < -0.3 is 10.5 Å². The average molecular weight is 347 g/mol. The monoisotopic (exact) mass is 346 g/mol. The van der Waals surface area contributed by atoms with Gasteiger partial charge >= 0.3 is 0 Å². The number of amidine groups is 1. The second kappa shape index (κ2) is 6.85. The molecule has 0 fully saturated rings. The molecule has 0 saturated heterocycles. The first-order valence-corrected chi connectivity index (χ1v) is 8.87. The number of thioether (sulfide) groups is 1. The first-order valence-electron chi connectivity index (χ1n) is 7.51. The molecule has 1 unspecified atom stereocenters. The summed E-state index contributed by atoms with van der Waals surface area (Å²) in [5, 5.41) is 1.37. The molecule has 120 valence electrons. The molecule has 0 aliphatic carbocycles. The van der Waals surface area contributed by atoms with E-state index < -0.39 is 0 Å². The van der Waals surface area contributed by atoms with E-state index in [2.05, 4.69) is 36.2 Å². The first kappa shape index (κ1) is 16.2. The molecule has 1 heterocycles. The molecule has 23 heavy (non-hydrogen) atoms. The van der Waals surface area contributed by atoms with Crippen molar-refractivity contribution in [2.24, 2.45) is 10.7 Å². The Morgan fingerprint density at radius 2 is 2.04 bits per heavy atom. The molecule has 0 bridgehead atoms. The summed E-state index contributed by atoms with van der Waals surface area (Å²) in [4.78, 5) is 4.66. The van der Waals surface area contributed by atoms with Gasteiger partial charge in [-0.25, -0.2) is 0 Å². The highest BCUT2D eigenvalue weighted by Gasteiger charge is 2.29. The number of rotatable bonds is 4. The Balaban J connectivity index is 1.75. The molecule has 1 atom stereocenters. The maximum Gasteiger partial charge on any atom is 0.154 e. The smallest absolute Gasteiger partial charge is 0.154 e. The molecule has 1 aliphatic heterocycles. The highest BCUT2D eigenvalue weighted by atomic mass is 35.5. The first-order chi connectivity index (χ1) is 11.0. The summed E-state index contributed by atoms with van der Waals surface area (Å²) in [6.45, 7) is 2.65. The van der Waals surface area contributed by atoms with Crippen LogP contribution >= 0.6 is 23.4 Å². The van der Waals surface area contributed by atoms with Crippen molar-refractivity contribution in [1.82, 2.24) is 0 Å². The lowest BCUT2D eigenvalue weighted by molar-refractivity contribution is 0.306. The van der Waals surface area contributed by atoms with Crippen molar-refractivity contribution in [3.8, 4) is 5.75 Å². The van der Waals surface area contributed by atoms with Crippen LogP contribution in [0.25, 0.3) is 0 Å². The van der Waals surface area contributed by atoms with Gasteiger partial charge in [0, 0.05) is 10.8 Å². The summed E-state index contributed by atoms with van der Waals surface area (Å²) in [5.41, 5.74) is 7.96. The lowest BCUT2D eigenvalue weighted by atomic mass is 9.89. The van der Waals surface area contributed by atoms with Crippen molar-refractivity contribution in [3.63, 3.8) is 0 Å². The van der Waals surface area contributed by atoms with Crippen molar-refractivity contribution < 1.29 is 4.74 Å². The third kappa shape index (κ3) is 4.01. The van der Waals surface area contributed by atoms with Gasteiger partial charge in [0.25, 0.3) is 0 Å². The Labute approximate surface area is 145 Å². The lowest BCUT2D eigenvalue weighted by Gasteiger charge is -2.30. The zero-order valence-electron chi connectivity index (χ0n) is 13.0. The number of nitrogens with zero attached hydrogens (tertiary/aromatic N) is 1. The van der Waals surface area contributed by atoms with Gasteiger partial charge in [-0.2, -0.15) is 0 Å². The number of nitrogens with two attached hydrogens (primary N) is 1. The van der Waals surface area contributed by atoms with Crippen molar-refractivity contribution in [1.29, 1.82) is 0 Å². The number of ether oxygens (including phenoxy) is 1. The summed E-state index contributed by atoms with van der Waals surface area (Å²) in [7, 11) is 0. The summed E-state index contributed by atoms with van der Waals surface area (Å²) >= 11 is 7.50. The van der Waals surface area contributed by atoms with Gasteiger partial charge in [-0.1, -0.05) is 41.6 Å². The fraction of sp³-hybridized carbons (Fsp3) is 0.278. The number of halogens is 1. The lowest BCUT2D eigenvalue weighted by Crippen LogP contribution is -2.28. The highest BCUT2D eigenvalue weighted by Crippen LogP contribution is 2.35. The maximum absolute atomic E-state index is 5.91. The Morgan fingerprint density at radius 3 is 2.78 bits per heavy atom. The van der Waals surface area contributed by atoms with Crippen LogP contribution in [0.1, 0.15) is 24.5 Å². The van der Waals surface area contributed by atoms with E-state index in [0.717, 1.165) is 23.5 Å². The molecule has 1 aliphatic rings. The van der Waals surface area contributed by atoms with Crippen LogP contribution in [0.15, 0.2) is 53.5 Å². The van der Waals surface area contributed by atoms with E-state index in [1.807, 2.05) is 24.3 Å². The molecule has 3 rings (SSSR count). The summed E-state index contributed by atoms with van der Waals surface area (Å²) < 4.78 is 5.82. The van der Waals surface area contributed by atoms with Crippen LogP contribution < -0.4 is 10.5 Å². The van der Waals surface area contributed by atoms with Gasteiger partial charge in [0.2, 0.25) is 0 Å². The predicted molar refractivity (Wildman–Crippen MR) is 98.3 cm³/mol. The normalized spacial score (nSPS) is 20.9. The largest absolute Gasteiger partial charge is 0.489 e. The van der Waals surface area contributed by atoms with Crippen LogP contribution in [-0.2, 0) is 12.1 Å². The van der Waals surface area contributed by atoms with Gasteiger partial charge in [-0.3, -0.25) is 4.99 Å². The van der Waals surface area contributed by atoms with Crippen molar-refractivity contribution in [3.05, 3.63) is 64.7 Å². The van der Waals surface area contributed by atoms with Crippen LogP contribution in [0.5, 0.6) is 5.75 Å². The van der Waals surface area contributed by atoms with E-state index in [9.17, 15) is 0 Å². The molecule has 0 radical (unpaired) electrons. The van der Waals surface area contributed by atoms with E-state index in [1.165, 1.54) is 5.56 Å². The fourth-order valence-corrected chi connectivity index (χ4v) is 3.69. The van der Waals surface area contributed by atoms with Gasteiger partial charge in [-0.15, -0.1) is 0 Å². The molecule has 0 saturated carbocycles. The summed E-state index contributed by atoms with van der Waals surface area (Å²) in [6.07, 6.45) is 0.986. The second-order valence-electron chi connectivity index (χ2n) is 5.77. The quantitative estimate of drug-likeness (QED) is 0.881. The topological polar surface area (TPSA) is 47.6 Å². The second-order valence-corrected chi connectivity index (χ2v) is 7.32. The van der Waals surface area contributed by atoms with Gasteiger partial charge in [-0.05, 0) is 54.8 Å². The number of hydrogen-bond acceptors (Lipinski definition) is 4. The molecular weight excluding hydrogens is 328 g/mol. The molecule has 2 N–H and O–H groups in total. The summed E-state index contributed by atoms with van der Waals surface area (Å²) in [5.74, 6) is 1.81. The molecular formula is C18H19ClN2OS. The number of benzene rings is 2. The molecule has 2 aromatic carbocycles. The molecule has 2 aromatic rings. The molecule has 5 heteroatoms. The van der Waals surface area contributed by atoms with Crippen LogP contribution in [-0.4, -0.2) is 10.9 Å². The Hall–Kier alpha value is -1.65. The zero-order valence-corrected chi connectivity index (χ0v) is 14.5. The SMILES string of the molecule is CC1(c2cccc(COc3ccc(Cl)cc3)c2)CCSC(N)=N1. The van der Waals surface area contributed by atoms with Gasteiger partial charge in [0.05, 0.1) is 5.54 Å². The minimum absolute atomic E-state index is 0.244. The third-order valence-electron chi connectivity index (χ3n) is 3.96. The Kier molecular flexibility index (Phi) is 4.83. The van der Waals surface area contributed by atoms with E-state index in [-0.39, 0.29) is 5.54 Å². The van der Waals surface area contributed by atoms with Crippen LogP contribution in [0.2, 0.25) is 5.02 Å².